The van der Waals surface area contributed by atoms with E-state index in [1.807, 2.05) is 31.2 Å². The molecule has 74 valence electrons. The van der Waals surface area contributed by atoms with E-state index in [4.69, 9.17) is 4.74 Å². The van der Waals surface area contributed by atoms with Crippen molar-refractivity contribution in [3.8, 4) is 5.75 Å². The van der Waals surface area contributed by atoms with Gasteiger partial charge in [0.05, 0.1) is 11.6 Å². The molecule has 0 aliphatic heterocycles. The topological polar surface area (TPSA) is 26.3 Å². The summed E-state index contributed by atoms with van der Waals surface area (Å²) in [5, 5.41) is 0. The molecule has 0 spiro atoms. The molecule has 14 heavy (non-hydrogen) atoms. The Morgan fingerprint density at radius 1 is 1.43 bits per heavy atom. The Labute approximate surface area is 91.7 Å². The van der Waals surface area contributed by atoms with E-state index < -0.39 is 0 Å². The number of carbonyl (C=O) groups excluding carboxylic acids is 1. The number of ether oxygens (including phenoxy) is 1. The summed E-state index contributed by atoms with van der Waals surface area (Å²) in [6, 6.07) is 7.58. The molecule has 0 aliphatic carbocycles. The minimum absolute atomic E-state index is 0.544. The van der Waals surface area contributed by atoms with Gasteiger partial charge in [0.2, 0.25) is 0 Å². The highest BCUT2D eigenvalue weighted by Crippen LogP contribution is 2.28. The lowest BCUT2D eigenvalue weighted by atomic mass is 10.1. The van der Waals surface area contributed by atoms with Crippen LogP contribution in [0.2, 0.25) is 0 Å². The molecule has 0 radical (unpaired) electrons. The molecule has 0 saturated carbocycles. The van der Waals surface area contributed by atoms with E-state index in [0.717, 1.165) is 23.2 Å². The number of halogens is 1. The first-order valence-corrected chi connectivity index (χ1v) is 4.95. The van der Waals surface area contributed by atoms with Crippen LogP contribution in [0, 0.1) is 0 Å². The normalized spacial score (nSPS) is 11.9. The summed E-state index contributed by atoms with van der Waals surface area (Å²) in [7, 11) is 1.61. The van der Waals surface area contributed by atoms with Gasteiger partial charge in [0.1, 0.15) is 5.75 Å². The molecule has 3 heteroatoms. The molecule has 0 heterocycles. The van der Waals surface area contributed by atoms with Gasteiger partial charge in [-0.25, -0.2) is 0 Å². The molecule has 0 bridgehead atoms. The molecule has 1 rings (SSSR count). The van der Waals surface area contributed by atoms with Crippen molar-refractivity contribution in [3.05, 3.63) is 34.3 Å². The van der Waals surface area contributed by atoms with Crippen LogP contribution in [-0.2, 0) is 4.79 Å². The van der Waals surface area contributed by atoms with E-state index in [0.29, 0.717) is 4.48 Å². The maximum absolute atomic E-state index is 10.6. The number of hydrogen-bond donors (Lipinski definition) is 0. The van der Waals surface area contributed by atoms with Crippen LogP contribution in [0.3, 0.4) is 0 Å². The highest BCUT2D eigenvalue weighted by Gasteiger charge is 2.06. The summed E-state index contributed by atoms with van der Waals surface area (Å²) in [4.78, 5) is 10.6. The fourth-order valence-electron chi connectivity index (χ4n) is 1.17. The van der Waals surface area contributed by atoms with Crippen molar-refractivity contribution in [3.63, 3.8) is 0 Å². The van der Waals surface area contributed by atoms with Crippen LogP contribution >= 0.6 is 15.9 Å². The third kappa shape index (κ3) is 2.23. The first-order valence-electron chi connectivity index (χ1n) is 4.15. The summed E-state index contributed by atoms with van der Waals surface area (Å²) in [5.41, 5.74) is 1.80. The van der Waals surface area contributed by atoms with Gasteiger partial charge in [-0.3, -0.25) is 4.79 Å². The van der Waals surface area contributed by atoms with Crippen LogP contribution in [0.15, 0.2) is 28.7 Å². The number of hydrogen-bond acceptors (Lipinski definition) is 2. The first-order chi connectivity index (χ1) is 6.70. The number of benzene rings is 1. The maximum atomic E-state index is 10.6. The Bertz CT molecular complexity index is 369. The molecule has 0 saturated heterocycles. The predicted octanol–water partition coefficient (Wildman–Crippen LogP) is 3.02. The van der Waals surface area contributed by atoms with Crippen LogP contribution in [0.5, 0.6) is 5.75 Å². The fourth-order valence-corrected chi connectivity index (χ4v) is 1.39. The number of methoxy groups -OCH3 is 1. The Balaban J connectivity index is 3.25. The maximum Gasteiger partial charge on any atom is 0.157 e. The average Bonchev–Trinajstić information content (AvgIpc) is 2.26. The van der Waals surface area contributed by atoms with Gasteiger partial charge in [0, 0.05) is 5.56 Å². The number of rotatable bonds is 3. The third-order valence-electron chi connectivity index (χ3n) is 1.97. The summed E-state index contributed by atoms with van der Waals surface area (Å²) < 4.78 is 5.73. The zero-order chi connectivity index (χ0) is 10.6. The second kappa shape index (κ2) is 4.96. The van der Waals surface area contributed by atoms with E-state index in [2.05, 4.69) is 15.9 Å². The van der Waals surface area contributed by atoms with Crippen molar-refractivity contribution in [2.45, 2.75) is 6.92 Å². The molecule has 0 N–H and O–H groups in total. The Morgan fingerprint density at radius 2 is 2.07 bits per heavy atom. The second-order valence-electron chi connectivity index (χ2n) is 2.79. The summed E-state index contributed by atoms with van der Waals surface area (Å²) in [5.74, 6) is 0.767. The molecule has 0 amide bonds. The van der Waals surface area contributed by atoms with Crippen LogP contribution < -0.4 is 4.74 Å². The van der Waals surface area contributed by atoms with E-state index in [1.54, 1.807) is 7.11 Å². The number of aldehydes is 1. The van der Waals surface area contributed by atoms with E-state index >= 15 is 0 Å². The first kappa shape index (κ1) is 11.0. The van der Waals surface area contributed by atoms with Gasteiger partial charge in [-0.2, -0.15) is 0 Å². The van der Waals surface area contributed by atoms with Crippen LogP contribution in [0.25, 0.3) is 5.57 Å². The molecule has 1 aromatic carbocycles. The van der Waals surface area contributed by atoms with Gasteiger partial charge in [0.25, 0.3) is 0 Å². The third-order valence-corrected chi connectivity index (χ3v) is 2.75. The molecule has 0 unspecified atom stereocenters. The zero-order valence-corrected chi connectivity index (χ0v) is 9.67. The molecule has 2 nitrogen and oxygen atoms in total. The lowest BCUT2D eigenvalue weighted by Crippen LogP contribution is -1.90. The highest BCUT2D eigenvalue weighted by molar-refractivity contribution is 9.12. The lowest BCUT2D eigenvalue weighted by Gasteiger charge is -2.08. The lowest BCUT2D eigenvalue weighted by molar-refractivity contribution is -0.104. The van der Waals surface area contributed by atoms with Crippen LogP contribution in [-0.4, -0.2) is 13.4 Å². The second-order valence-corrected chi connectivity index (χ2v) is 3.65. The van der Waals surface area contributed by atoms with Crippen LogP contribution in [0.1, 0.15) is 12.5 Å². The van der Waals surface area contributed by atoms with Crippen molar-refractivity contribution < 1.29 is 9.53 Å². The van der Waals surface area contributed by atoms with Gasteiger partial charge in [-0.05, 0) is 34.5 Å². The van der Waals surface area contributed by atoms with Gasteiger partial charge < -0.3 is 4.74 Å². The molecule has 0 fully saturated rings. The minimum Gasteiger partial charge on any atom is -0.496 e. The Hall–Kier alpha value is -1.09. The number of carbonyl (C=O) groups is 1. The van der Waals surface area contributed by atoms with E-state index in [9.17, 15) is 4.79 Å². The van der Waals surface area contributed by atoms with Gasteiger partial charge in [-0.1, -0.05) is 18.2 Å². The standard InChI is InChI=1S/C11H11BrO2/c1-8(10(12)7-13)9-5-3-4-6-11(9)14-2/h3-7H,1-2H3/b10-8-. The van der Waals surface area contributed by atoms with Crippen LogP contribution in [0.4, 0.5) is 0 Å². The zero-order valence-electron chi connectivity index (χ0n) is 8.08. The quantitative estimate of drug-likeness (QED) is 0.613. The van der Waals surface area contributed by atoms with Gasteiger partial charge in [0.15, 0.2) is 6.29 Å². The largest absolute Gasteiger partial charge is 0.496 e. The molecule has 0 aliphatic rings. The summed E-state index contributed by atoms with van der Waals surface area (Å²) in [6.45, 7) is 1.87. The smallest absolute Gasteiger partial charge is 0.157 e. The molecule has 0 atom stereocenters. The van der Waals surface area contributed by atoms with Crippen molar-refractivity contribution in [1.29, 1.82) is 0 Å². The van der Waals surface area contributed by atoms with Crippen molar-refractivity contribution in [1.82, 2.24) is 0 Å². The molecular weight excluding hydrogens is 244 g/mol. The van der Waals surface area contributed by atoms with Gasteiger partial charge in [-0.15, -0.1) is 0 Å². The van der Waals surface area contributed by atoms with E-state index in [1.165, 1.54) is 0 Å². The Kier molecular flexibility index (Phi) is 3.89. The number of para-hydroxylation sites is 1. The Morgan fingerprint density at radius 3 is 2.64 bits per heavy atom. The molecular formula is C11H11BrO2. The SMILES string of the molecule is COc1ccccc1/C(C)=C(\Br)C=O. The number of allylic oxidation sites excluding steroid dienone is 2. The monoisotopic (exact) mass is 254 g/mol. The molecule has 0 aromatic heterocycles. The van der Waals surface area contributed by atoms with Crippen molar-refractivity contribution >= 4 is 27.8 Å². The van der Waals surface area contributed by atoms with Gasteiger partial charge >= 0.3 is 0 Å². The molecule has 1 aromatic rings. The predicted molar refractivity (Wildman–Crippen MR) is 60.6 cm³/mol. The average molecular weight is 255 g/mol. The van der Waals surface area contributed by atoms with E-state index in [-0.39, 0.29) is 0 Å². The summed E-state index contributed by atoms with van der Waals surface area (Å²) in [6.07, 6.45) is 0.780. The van der Waals surface area contributed by atoms with Crippen molar-refractivity contribution in [2.75, 3.05) is 7.11 Å². The summed E-state index contributed by atoms with van der Waals surface area (Å²) >= 11 is 3.20. The highest BCUT2D eigenvalue weighted by atomic mass is 79.9. The van der Waals surface area contributed by atoms with Crippen molar-refractivity contribution in [2.24, 2.45) is 0 Å². The minimum atomic E-state index is 0.544. The fraction of sp³-hybridized carbons (Fsp3) is 0.182.